The minimum absolute atomic E-state index is 0.0898. The third-order valence-corrected chi connectivity index (χ3v) is 4.58. The summed E-state index contributed by atoms with van der Waals surface area (Å²) in [7, 11) is 0. The first-order chi connectivity index (χ1) is 12.5. The number of carboxylic acids is 1. The van der Waals surface area contributed by atoms with Crippen LogP contribution in [0.3, 0.4) is 0 Å². The number of carboxylic acid groups (broad SMARTS) is 1. The molecule has 6 nitrogen and oxygen atoms in total. The molecule has 0 atom stereocenters. The number of hydrogen-bond donors (Lipinski definition) is 2. The number of carbonyl (C=O) groups excluding carboxylic acids is 1. The number of fused-ring (bicyclic) bond motifs is 1. The van der Waals surface area contributed by atoms with Crippen LogP contribution in [0.15, 0.2) is 18.2 Å². The number of nitrogens with zero attached hydrogens (tertiary/aromatic N) is 2. The van der Waals surface area contributed by atoms with E-state index in [0.29, 0.717) is 30.8 Å². The number of unbranched alkanes of at least 4 members (excludes halogenated alkanes) is 1. The monoisotopic (exact) mass is 359 g/mol. The number of hydrogen-bond acceptors (Lipinski definition) is 3. The first-order valence-corrected chi connectivity index (χ1v) is 8.84. The lowest BCUT2D eigenvalue weighted by Gasteiger charge is -2.08. The largest absolute Gasteiger partial charge is 0.481 e. The summed E-state index contributed by atoms with van der Waals surface area (Å²) in [6.45, 7) is 2.28. The predicted molar refractivity (Wildman–Crippen MR) is 94.1 cm³/mol. The molecule has 0 unspecified atom stereocenters. The average Bonchev–Trinajstić information content (AvgIpc) is 3.19. The lowest BCUT2D eigenvalue weighted by Crippen LogP contribution is -2.26. The Morgan fingerprint density at radius 3 is 2.88 bits per heavy atom. The third-order valence-electron chi connectivity index (χ3n) is 4.58. The van der Waals surface area contributed by atoms with Crippen LogP contribution in [0, 0.1) is 12.7 Å². The van der Waals surface area contributed by atoms with E-state index in [1.165, 1.54) is 6.07 Å². The summed E-state index contributed by atoms with van der Waals surface area (Å²) in [5.41, 5.74) is 3.41. The van der Waals surface area contributed by atoms with Gasteiger partial charge in [0.2, 0.25) is 0 Å². The molecule has 0 bridgehead atoms. The lowest BCUT2D eigenvalue weighted by atomic mass is 10.2. The van der Waals surface area contributed by atoms with Crippen molar-refractivity contribution in [1.82, 2.24) is 15.1 Å². The van der Waals surface area contributed by atoms with Crippen LogP contribution in [0.5, 0.6) is 0 Å². The number of aryl methyl sites for hydroxylation is 1. The highest BCUT2D eigenvalue weighted by atomic mass is 19.1. The number of nitrogens with one attached hydrogen (secondary N) is 1. The van der Waals surface area contributed by atoms with E-state index in [1.54, 1.807) is 16.8 Å². The molecule has 2 N–H and O–H groups in total. The second kappa shape index (κ2) is 7.68. The molecular weight excluding hydrogens is 337 g/mol. The first-order valence-electron chi connectivity index (χ1n) is 8.84. The molecule has 0 spiro atoms. The maximum Gasteiger partial charge on any atom is 0.303 e. The fraction of sp³-hybridized carbons (Fsp3) is 0.421. The molecule has 1 amide bonds. The van der Waals surface area contributed by atoms with Crippen LogP contribution in [0.2, 0.25) is 0 Å². The SMILES string of the molecule is Cc1ccc(F)c(-n2nc(C(=O)NCCCCC(=O)O)c3c2CCC3)c1. The maximum absolute atomic E-state index is 14.3. The fourth-order valence-corrected chi connectivity index (χ4v) is 3.29. The molecule has 1 aromatic carbocycles. The molecule has 2 aromatic rings. The Morgan fingerprint density at radius 2 is 2.12 bits per heavy atom. The normalized spacial score (nSPS) is 12.8. The van der Waals surface area contributed by atoms with E-state index < -0.39 is 5.97 Å². The number of rotatable bonds is 7. The molecule has 1 aliphatic carbocycles. The molecule has 138 valence electrons. The second-order valence-corrected chi connectivity index (χ2v) is 6.60. The van der Waals surface area contributed by atoms with Crippen molar-refractivity contribution >= 4 is 11.9 Å². The predicted octanol–water partition coefficient (Wildman–Crippen LogP) is 2.79. The smallest absolute Gasteiger partial charge is 0.303 e. The Kier molecular flexibility index (Phi) is 5.35. The fourth-order valence-electron chi connectivity index (χ4n) is 3.29. The number of aliphatic carboxylic acids is 1. The Bertz CT molecular complexity index is 845. The van der Waals surface area contributed by atoms with Gasteiger partial charge >= 0.3 is 5.97 Å². The van der Waals surface area contributed by atoms with Crippen molar-refractivity contribution in [3.63, 3.8) is 0 Å². The van der Waals surface area contributed by atoms with Gasteiger partial charge in [-0.15, -0.1) is 0 Å². The van der Waals surface area contributed by atoms with E-state index in [9.17, 15) is 14.0 Å². The summed E-state index contributed by atoms with van der Waals surface area (Å²) in [4.78, 5) is 23.0. The van der Waals surface area contributed by atoms with Crippen LogP contribution in [0.4, 0.5) is 4.39 Å². The van der Waals surface area contributed by atoms with Gasteiger partial charge < -0.3 is 10.4 Å². The molecule has 0 saturated heterocycles. The minimum Gasteiger partial charge on any atom is -0.481 e. The van der Waals surface area contributed by atoms with Gasteiger partial charge in [0.15, 0.2) is 5.69 Å². The molecule has 0 fully saturated rings. The number of aromatic nitrogens is 2. The van der Waals surface area contributed by atoms with Crippen molar-refractivity contribution in [2.24, 2.45) is 0 Å². The molecule has 7 heteroatoms. The summed E-state index contributed by atoms with van der Waals surface area (Å²) < 4.78 is 15.8. The minimum atomic E-state index is -0.840. The van der Waals surface area contributed by atoms with Gasteiger partial charge in [0.1, 0.15) is 11.5 Å². The second-order valence-electron chi connectivity index (χ2n) is 6.60. The highest BCUT2D eigenvalue weighted by Gasteiger charge is 2.27. The molecular formula is C19H22FN3O3. The number of carbonyl (C=O) groups is 2. The Labute approximate surface area is 151 Å². The standard InChI is InChI=1S/C19H22FN3O3/c1-12-8-9-14(20)16(11-12)23-15-6-4-5-13(15)18(22-23)19(26)21-10-3-2-7-17(24)25/h8-9,11H,2-7,10H2,1H3,(H,21,26)(H,24,25). The van der Waals surface area contributed by atoms with Gasteiger partial charge in [-0.05, 0) is 56.7 Å². The summed E-state index contributed by atoms with van der Waals surface area (Å²) in [5, 5.41) is 15.8. The van der Waals surface area contributed by atoms with Gasteiger partial charge in [-0.1, -0.05) is 6.07 Å². The summed E-state index contributed by atoms with van der Waals surface area (Å²) in [6.07, 6.45) is 3.63. The van der Waals surface area contributed by atoms with Gasteiger partial charge in [0.25, 0.3) is 5.91 Å². The van der Waals surface area contributed by atoms with Crippen LogP contribution >= 0.6 is 0 Å². The molecule has 0 radical (unpaired) electrons. The summed E-state index contributed by atoms with van der Waals surface area (Å²) in [5.74, 6) is -1.49. The molecule has 0 aliphatic heterocycles. The van der Waals surface area contributed by atoms with Crippen LogP contribution in [0.1, 0.15) is 53.0 Å². The van der Waals surface area contributed by atoms with Crippen LogP contribution in [-0.4, -0.2) is 33.3 Å². The molecule has 1 aromatic heterocycles. The molecule has 1 aliphatic rings. The molecule has 1 heterocycles. The highest BCUT2D eigenvalue weighted by molar-refractivity contribution is 5.94. The number of benzene rings is 1. The van der Waals surface area contributed by atoms with Gasteiger partial charge in [0.05, 0.1) is 0 Å². The van der Waals surface area contributed by atoms with Crippen molar-refractivity contribution in [1.29, 1.82) is 0 Å². The summed E-state index contributed by atoms with van der Waals surface area (Å²) in [6, 6.07) is 4.84. The van der Waals surface area contributed by atoms with Gasteiger partial charge in [-0.25, -0.2) is 9.07 Å². The zero-order valence-electron chi connectivity index (χ0n) is 14.7. The Morgan fingerprint density at radius 1 is 1.31 bits per heavy atom. The van der Waals surface area contributed by atoms with Gasteiger partial charge in [-0.2, -0.15) is 5.10 Å². The number of amides is 1. The topological polar surface area (TPSA) is 84.2 Å². The van der Waals surface area contributed by atoms with E-state index in [2.05, 4.69) is 10.4 Å². The van der Waals surface area contributed by atoms with Gasteiger partial charge in [-0.3, -0.25) is 9.59 Å². The van der Waals surface area contributed by atoms with Crippen LogP contribution < -0.4 is 5.32 Å². The van der Waals surface area contributed by atoms with E-state index in [-0.39, 0.29) is 18.1 Å². The van der Waals surface area contributed by atoms with E-state index in [0.717, 1.165) is 36.1 Å². The van der Waals surface area contributed by atoms with Crippen molar-refractivity contribution < 1.29 is 19.1 Å². The maximum atomic E-state index is 14.3. The van der Waals surface area contributed by atoms with Crippen molar-refractivity contribution in [2.45, 2.75) is 45.4 Å². The Hall–Kier alpha value is -2.70. The quantitative estimate of drug-likeness (QED) is 0.745. The highest BCUT2D eigenvalue weighted by Crippen LogP contribution is 2.29. The Balaban J connectivity index is 1.78. The molecule has 26 heavy (non-hydrogen) atoms. The molecule has 0 saturated carbocycles. The molecule has 3 rings (SSSR count). The van der Waals surface area contributed by atoms with E-state index >= 15 is 0 Å². The van der Waals surface area contributed by atoms with Crippen LogP contribution in [-0.2, 0) is 17.6 Å². The van der Waals surface area contributed by atoms with Crippen LogP contribution in [0.25, 0.3) is 5.69 Å². The van der Waals surface area contributed by atoms with E-state index in [4.69, 9.17) is 5.11 Å². The van der Waals surface area contributed by atoms with E-state index in [1.807, 2.05) is 6.92 Å². The average molecular weight is 359 g/mol. The van der Waals surface area contributed by atoms with Crippen molar-refractivity contribution in [3.8, 4) is 5.69 Å². The zero-order valence-corrected chi connectivity index (χ0v) is 14.7. The van der Waals surface area contributed by atoms with Gasteiger partial charge in [0, 0.05) is 24.2 Å². The zero-order chi connectivity index (χ0) is 18.7. The lowest BCUT2D eigenvalue weighted by molar-refractivity contribution is -0.137. The number of halogens is 1. The first kappa shape index (κ1) is 18.1. The van der Waals surface area contributed by atoms with Crippen molar-refractivity contribution in [2.75, 3.05) is 6.54 Å². The summed E-state index contributed by atoms with van der Waals surface area (Å²) >= 11 is 0. The third kappa shape index (κ3) is 3.76. The van der Waals surface area contributed by atoms with Crippen molar-refractivity contribution in [3.05, 3.63) is 46.5 Å².